The minimum absolute atomic E-state index is 0.0975. The van der Waals surface area contributed by atoms with E-state index in [1.807, 2.05) is 0 Å². The molecule has 0 heterocycles. The van der Waals surface area contributed by atoms with Gasteiger partial charge in [0.25, 0.3) is 0 Å². The van der Waals surface area contributed by atoms with Crippen molar-refractivity contribution in [3.05, 3.63) is 36.5 Å². The van der Waals surface area contributed by atoms with Gasteiger partial charge in [-0.3, -0.25) is 14.4 Å². The summed E-state index contributed by atoms with van der Waals surface area (Å²) in [5, 5.41) is 22.5. The summed E-state index contributed by atoms with van der Waals surface area (Å²) >= 11 is 0. The lowest BCUT2D eigenvalue weighted by molar-refractivity contribution is -0.147. The summed E-state index contributed by atoms with van der Waals surface area (Å²) in [6.45, 7) is 3.45. The molecule has 2 unspecified atom stereocenters. The molecule has 318 valence electrons. The molecule has 0 aromatic heterocycles. The SMILES string of the molecule is CCCCCC/C=C\C/C=C\C(CCCCCCCCC(=O)NCC(=O)NC(CO)C(=O)O)OC(=O)CCCCCCCCC/C=C\CCCCCCCC. The smallest absolute Gasteiger partial charge is 0.328 e. The lowest BCUT2D eigenvalue weighted by Gasteiger charge is -2.15. The molecule has 0 fully saturated rings. The molecule has 0 spiro atoms. The fourth-order valence-electron chi connectivity index (χ4n) is 6.36. The number of hydrogen-bond donors (Lipinski definition) is 4. The quantitative estimate of drug-likeness (QED) is 0.0276. The highest BCUT2D eigenvalue weighted by molar-refractivity contribution is 5.87. The summed E-state index contributed by atoms with van der Waals surface area (Å²) in [5.74, 6) is -2.35. The summed E-state index contributed by atoms with van der Waals surface area (Å²) in [5.41, 5.74) is 0. The Morgan fingerprint density at radius 3 is 1.58 bits per heavy atom. The van der Waals surface area contributed by atoms with Crippen LogP contribution in [0.5, 0.6) is 0 Å². The summed E-state index contributed by atoms with van der Waals surface area (Å²) in [7, 11) is 0. The Morgan fingerprint density at radius 2 is 1.04 bits per heavy atom. The first kappa shape index (κ1) is 52.1. The van der Waals surface area contributed by atoms with Gasteiger partial charge in [-0.25, -0.2) is 4.79 Å². The van der Waals surface area contributed by atoms with Gasteiger partial charge in [-0.1, -0.05) is 153 Å². The molecule has 9 nitrogen and oxygen atoms in total. The molecule has 4 N–H and O–H groups in total. The van der Waals surface area contributed by atoms with Gasteiger partial charge in [0, 0.05) is 12.8 Å². The first-order chi connectivity index (χ1) is 26.8. The van der Waals surface area contributed by atoms with E-state index in [0.29, 0.717) is 19.3 Å². The number of amides is 2. The maximum Gasteiger partial charge on any atom is 0.328 e. The van der Waals surface area contributed by atoms with Crippen molar-refractivity contribution in [2.75, 3.05) is 13.2 Å². The number of rotatable bonds is 40. The molecule has 0 aliphatic carbocycles. The maximum absolute atomic E-state index is 12.7. The number of carboxylic acids is 1. The standard InChI is InChI=1S/C46H82N2O7/c1-3-5-7-9-11-13-14-15-16-17-18-19-20-22-24-30-34-38-45(52)55-41(35-31-27-23-21-12-10-8-6-4-2)36-32-28-25-26-29-33-37-43(50)47-39-44(51)48-42(40-49)46(53)54/h15-16,21,23,31,35,41-42,49H,3-14,17-20,22,24-30,32-34,36-40H2,1-2H3,(H,47,50)(H,48,51)(H,53,54)/b16-15-,23-21-,35-31-. The molecule has 0 saturated heterocycles. The molecular weight excluding hydrogens is 693 g/mol. The van der Waals surface area contributed by atoms with Crippen LogP contribution in [-0.4, -0.2) is 59.3 Å². The Kier molecular flexibility index (Phi) is 38.5. The third-order valence-electron chi connectivity index (χ3n) is 9.84. The molecule has 0 bridgehead atoms. The molecule has 0 radical (unpaired) electrons. The van der Waals surface area contributed by atoms with Crippen LogP contribution in [0.4, 0.5) is 0 Å². The number of carbonyl (C=O) groups excluding carboxylic acids is 3. The molecule has 2 atom stereocenters. The molecule has 0 aromatic carbocycles. The second-order valence-electron chi connectivity index (χ2n) is 15.1. The van der Waals surface area contributed by atoms with Crippen LogP contribution >= 0.6 is 0 Å². The largest absolute Gasteiger partial charge is 0.480 e. The zero-order valence-electron chi connectivity index (χ0n) is 35.2. The average Bonchev–Trinajstić information content (AvgIpc) is 3.17. The number of unbranched alkanes of at least 4 members (excludes halogenated alkanes) is 22. The molecule has 0 aliphatic rings. The minimum atomic E-state index is -1.38. The number of allylic oxidation sites excluding steroid dienone is 5. The average molecular weight is 775 g/mol. The lowest BCUT2D eigenvalue weighted by atomic mass is 10.1. The molecular formula is C46H82N2O7. The third-order valence-corrected chi connectivity index (χ3v) is 9.84. The number of aliphatic hydroxyl groups excluding tert-OH is 1. The highest BCUT2D eigenvalue weighted by Gasteiger charge is 2.18. The minimum Gasteiger partial charge on any atom is -0.480 e. The number of nitrogens with one attached hydrogen (secondary N) is 2. The van der Waals surface area contributed by atoms with E-state index in [0.717, 1.165) is 64.2 Å². The fourth-order valence-corrected chi connectivity index (χ4v) is 6.36. The van der Waals surface area contributed by atoms with E-state index in [1.165, 1.54) is 109 Å². The fraction of sp³-hybridized carbons (Fsp3) is 0.783. The van der Waals surface area contributed by atoms with E-state index in [2.05, 4.69) is 60.9 Å². The maximum atomic E-state index is 12.7. The van der Waals surface area contributed by atoms with E-state index in [9.17, 15) is 19.2 Å². The van der Waals surface area contributed by atoms with Gasteiger partial charge in [-0.15, -0.1) is 0 Å². The molecule has 2 amide bonds. The topological polar surface area (TPSA) is 142 Å². The molecule has 55 heavy (non-hydrogen) atoms. The van der Waals surface area contributed by atoms with Crippen LogP contribution in [-0.2, 0) is 23.9 Å². The number of ether oxygens (including phenoxy) is 1. The van der Waals surface area contributed by atoms with Crippen molar-refractivity contribution in [2.45, 2.75) is 219 Å². The Bertz CT molecular complexity index is 1030. The zero-order valence-corrected chi connectivity index (χ0v) is 35.2. The van der Waals surface area contributed by atoms with Crippen LogP contribution in [0.25, 0.3) is 0 Å². The summed E-state index contributed by atoms with van der Waals surface area (Å²) in [6.07, 6.45) is 46.2. The highest BCUT2D eigenvalue weighted by Crippen LogP contribution is 2.16. The van der Waals surface area contributed by atoms with Crippen LogP contribution in [0, 0.1) is 0 Å². The van der Waals surface area contributed by atoms with Gasteiger partial charge in [-0.2, -0.15) is 0 Å². The predicted octanol–water partition coefficient (Wildman–Crippen LogP) is 11.0. The number of aliphatic carboxylic acids is 1. The third kappa shape index (κ3) is 37.7. The van der Waals surface area contributed by atoms with Gasteiger partial charge in [0.2, 0.25) is 11.8 Å². The van der Waals surface area contributed by atoms with Gasteiger partial charge >= 0.3 is 11.9 Å². The normalized spacial score (nSPS) is 12.8. The summed E-state index contributed by atoms with van der Waals surface area (Å²) < 4.78 is 5.93. The van der Waals surface area contributed by atoms with E-state index in [4.69, 9.17) is 14.9 Å². The number of hydrogen-bond acceptors (Lipinski definition) is 6. The van der Waals surface area contributed by atoms with Crippen molar-refractivity contribution < 1.29 is 34.1 Å². The first-order valence-electron chi connectivity index (χ1n) is 22.4. The van der Waals surface area contributed by atoms with Gasteiger partial charge in [0.1, 0.15) is 12.1 Å². The van der Waals surface area contributed by atoms with Crippen LogP contribution in [0.15, 0.2) is 36.5 Å². The van der Waals surface area contributed by atoms with Gasteiger partial charge in [-0.05, 0) is 76.7 Å². The van der Waals surface area contributed by atoms with Crippen molar-refractivity contribution in [3.63, 3.8) is 0 Å². The van der Waals surface area contributed by atoms with E-state index >= 15 is 0 Å². The van der Waals surface area contributed by atoms with Crippen molar-refractivity contribution in [1.82, 2.24) is 10.6 Å². The lowest BCUT2D eigenvalue weighted by Crippen LogP contribution is -2.47. The Labute approximate surface area is 336 Å². The van der Waals surface area contributed by atoms with Crippen LogP contribution < -0.4 is 10.6 Å². The van der Waals surface area contributed by atoms with Crippen molar-refractivity contribution in [1.29, 1.82) is 0 Å². The van der Waals surface area contributed by atoms with Gasteiger partial charge in [0.05, 0.1) is 13.2 Å². The molecule has 0 saturated carbocycles. The monoisotopic (exact) mass is 775 g/mol. The Balaban J connectivity index is 4.26. The Morgan fingerprint density at radius 1 is 0.564 bits per heavy atom. The second-order valence-corrected chi connectivity index (χ2v) is 15.1. The van der Waals surface area contributed by atoms with E-state index < -0.39 is 24.5 Å². The van der Waals surface area contributed by atoms with E-state index in [-0.39, 0.29) is 24.5 Å². The molecule has 0 aliphatic heterocycles. The summed E-state index contributed by atoms with van der Waals surface area (Å²) in [6, 6.07) is -1.38. The highest BCUT2D eigenvalue weighted by atomic mass is 16.5. The van der Waals surface area contributed by atoms with Crippen molar-refractivity contribution >= 4 is 23.8 Å². The Hall–Kier alpha value is -2.94. The van der Waals surface area contributed by atoms with Crippen molar-refractivity contribution in [2.24, 2.45) is 0 Å². The number of carboxylic acid groups (broad SMARTS) is 1. The van der Waals surface area contributed by atoms with Gasteiger partial charge < -0.3 is 25.6 Å². The second kappa shape index (κ2) is 40.7. The number of aliphatic hydroxyl groups is 1. The number of esters is 1. The van der Waals surface area contributed by atoms with Gasteiger partial charge in [0.15, 0.2) is 0 Å². The van der Waals surface area contributed by atoms with Crippen molar-refractivity contribution in [3.8, 4) is 0 Å². The molecule has 0 aromatic rings. The summed E-state index contributed by atoms with van der Waals surface area (Å²) in [4.78, 5) is 47.4. The van der Waals surface area contributed by atoms with Crippen LogP contribution in [0.2, 0.25) is 0 Å². The number of carbonyl (C=O) groups is 4. The predicted molar refractivity (Wildman–Crippen MR) is 227 cm³/mol. The van der Waals surface area contributed by atoms with E-state index in [1.54, 1.807) is 0 Å². The zero-order chi connectivity index (χ0) is 40.5. The van der Waals surface area contributed by atoms with Crippen LogP contribution in [0.3, 0.4) is 0 Å². The first-order valence-corrected chi connectivity index (χ1v) is 22.4. The molecule has 0 rings (SSSR count). The van der Waals surface area contributed by atoms with Crippen LogP contribution in [0.1, 0.15) is 206 Å². The molecule has 9 heteroatoms.